The number of rotatable bonds is 2. The van der Waals surface area contributed by atoms with E-state index in [0.717, 1.165) is 18.6 Å². The first-order chi connectivity index (χ1) is 10.3. The van der Waals surface area contributed by atoms with Crippen LogP contribution in [0.2, 0.25) is 0 Å². The van der Waals surface area contributed by atoms with E-state index in [1.807, 2.05) is 7.11 Å². The smallest absolute Gasteiger partial charge is 0.119 e. The molecule has 0 aromatic heterocycles. The van der Waals surface area contributed by atoms with Gasteiger partial charge in [-0.05, 0) is 42.6 Å². The molecule has 0 bridgehead atoms. The van der Waals surface area contributed by atoms with E-state index in [9.17, 15) is 0 Å². The fraction of sp³-hybridized carbons (Fsp3) is 0.556. The van der Waals surface area contributed by atoms with E-state index < -0.39 is 0 Å². The van der Waals surface area contributed by atoms with Crippen molar-refractivity contribution >= 4 is 0 Å². The third kappa shape index (κ3) is 1.80. The van der Waals surface area contributed by atoms with Crippen LogP contribution in [0.3, 0.4) is 0 Å². The second-order valence-electron chi connectivity index (χ2n) is 6.44. The minimum absolute atomic E-state index is 0.123. The normalized spacial score (nSPS) is 34.2. The van der Waals surface area contributed by atoms with Gasteiger partial charge in [-0.3, -0.25) is 4.90 Å². The Bertz CT molecular complexity index is 583. The van der Waals surface area contributed by atoms with E-state index in [1.165, 1.54) is 30.6 Å². The van der Waals surface area contributed by atoms with Crippen molar-refractivity contribution in [1.82, 2.24) is 4.90 Å². The van der Waals surface area contributed by atoms with Crippen molar-refractivity contribution in [3.05, 3.63) is 41.5 Å². The van der Waals surface area contributed by atoms with E-state index in [-0.39, 0.29) is 11.6 Å². The Morgan fingerprint density at radius 3 is 2.90 bits per heavy atom. The van der Waals surface area contributed by atoms with Gasteiger partial charge in [-0.15, -0.1) is 0 Å². The fourth-order valence-electron chi connectivity index (χ4n) is 4.65. The van der Waals surface area contributed by atoms with Gasteiger partial charge in [-0.25, -0.2) is 0 Å². The van der Waals surface area contributed by atoms with Crippen molar-refractivity contribution in [2.75, 3.05) is 27.3 Å². The van der Waals surface area contributed by atoms with Gasteiger partial charge in [0.05, 0.1) is 18.8 Å². The summed E-state index contributed by atoms with van der Waals surface area (Å²) < 4.78 is 11.2. The summed E-state index contributed by atoms with van der Waals surface area (Å²) >= 11 is 0. The molecular formula is C18H23NO2. The largest absolute Gasteiger partial charge is 0.497 e. The summed E-state index contributed by atoms with van der Waals surface area (Å²) in [6.07, 6.45) is 8.34. The number of methoxy groups -OCH3 is 2. The van der Waals surface area contributed by atoms with Crippen molar-refractivity contribution in [3.63, 3.8) is 0 Å². The molecule has 4 rings (SSSR count). The predicted molar refractivity (Wildman–Crippen MR) is 82.6 cm³/mol. The third-order valence-corrected chi connectivity index (χ3v) is 5.70. The van der Waals surface area contributed by atoms with E-state index in [2.05, 4.69) is 35.3 Å². The summed E-state index contributed by atoms with van der Waals surface area (Å²) in [6.45, 7) is 2.36. The molecule has 2 heterocycles. The van der Waals surface area contributed by atoms with Gasteiger partial charge in [0, 0.05) is 26.0 Å². The van der Waals surface area contributed by atoms with E-state index in [0.29, 0.717) is 5.92 Å². The molecule has 0 N–H and O–H groups in total. The first-order valence-electron chi connectivity index (χ1n) is 7.91. The number of benzene rings is 1. The lowest BCUT2D eigenvalue weighted by Crippen LogP contribution is -2.52. The Morgan fingerprint density at radius 1 is 1.19 bits per heavy atom. The van der Waals surface area contributed by atoms with Gasteiger partial charge in [0.25, 0.3) is 0 Å². The second kappa shape index (κ2) is 4.85. The van der Waals surface area contributed by atoms with E-state index in [4.69, 9.17) is 9.47 Å². The van der Waals surface area contributed by atoms with Gasteiger partial charge >= 0.3 is 0 Å². The lowest BCUT2D eigenvalue weighted by Gasteiger charge is -2.49. The highest BCUT2D eigenvalue weighted by atomic mass is 16.5. The number of hydrogen-bond acceptors (Lipinski definition) is 3. The molecule has 1 unspecified atom stereocenters. The van der Waals surface area contributed by atoms with E-state index >= 15 is 0 Å². The van der Waals surface area contributed by atoms with Crippen molar-refractivity contribution in [1.29, 1.82) is 0 Å². The van der Waals surface area contributed by atoms with Crippen LogP contribution in [0, 0.1) is 5.92 Å². The van der Waals surface area contributed by atoms with Crippen LogP contribution in [0.15, 0.2) is 30.4 Å². The Balaban J connectivity index is 1.88. The molecule has 3 heteroatoms. The molecule has 1 aliphatic carbocycles. The molecule has 1 aromatic carbocycles. The van der Waals surface area contributed by atoms with Gasteiger partial charge in [-0.2, -0.15) is 0 Å². The highest BCUT2D eigenvalue weighted by Crippen LogP contribution is 2.53. The Morgan fingerprint density at radius 2 is 2.10 bits per heavy atom. The van der Waals surface area contributed by atoms with Gasteiger partial charge in [-0.1, -0.05) is 18.2 Å². The highest BCUT2D eigenvalue weighted by molar-refractivity contribution is 5.45. The van der Waals surface area contributed by atoms with E-state index in [1.54, 1.807) is 7.11 Å². The molecule has 2 aliphatic heterocycles. The zero-order valence-electron chi connectivity index (χ0n) is 12.8. The molecule has 1 aromatic rings. The van der Waals surface area contributed by atoms with Crippen LogP contribution in [-0.4, -0.2) is 38.3 Å². The first kappa shape index (κ1) is 13.4. The van der Waals surface area contributed by atoms with Crippen molar-refractivity contribution in [2.24, 2.45) is 5.92 Å². The second-order valence-corrected chi connectivity index (χ2v) is 6.44. The minimum Gasteiger partial charge on any atom is -0.497 e. The van der Waals surface area contributed by atoms with Crippen molar-refractivity contribution in [2.45, 2.75) is 30.9 Å². The monoisotopic (exact) mass is 285 g/mol. The van der Waals surface area contributed by atoms with Crippen LogP contribution in [0.25, 0.3) is 0 Å². The molecule has 0 amide bonds. The zero-order valence-corrected chi connectivity index (χ0v) is 12.8. The zero-order chi connectivity index (χ0) is 14.4. The maximum absolute atomic E-state index is 5.67. The summed E-state index contributed by atoms with van der Waals surface area (Å²) in [5.41, 5.74) is 3.09. The molecule has 1 fully saturated rings. The average Bonchev–Trinajstić information content (AvgIpc) is 2.93. The van der Waals surface area contributed by atoms with Crippen LogP contribution >= 0.6 is 0 Å². The Labute approximate surface area is 126 Å². The standard InChI is InChI=1S/C18H23NO2/c1-20-15-5-3-13-7-9-19-10-8-14-4-6-16(21-2)12-18(14,19)17(13)11-15/h3-6,11,14,16H,7-10,12H2,1-2H3/t14-,16-,18?/m0/s1. The summed E-state index contributed by atoms with van der Waals surface area (Å²) in [4.78, 5) is 2.69. The number of nitrogens with zero attached hydrogens (tertiary/aromatic N) is 1. The van der Waals surface area contributed by atoms with Gasteiger partial charge < -0.3 is 9.47 Å². The average molecular weight is 285 g/mol. The van der Waals surface area contributed by atoms with Gasteiger partial charge in [0.15, 0.2) is 0 Å². The van der Waals surface area contributed by atoms with Crippen LogP contribution in [0.4, 0.5) is 0 Å². The lowest BCUT2D eigenvalue weighted by atomic mass is 9.68. The summed E-state index contributed by atoms with van der Waals surface area (Å²) in [5, 5.41) is 0. The predicted octanol–water partition coefficient (Wildman–Crippen LogP) is 2.74. The molecular weight excluding hydrogens is 262 g/mol. The van der Waals surface area contributed by atoms with Gasteiger partial charge in [0.2, 0.25) is 0 Å². The number of fused-ring (bicyclic) bond motifs is 1. The quantitative estimate of drug-likeness (QED) is 0.780. The molecule has 3 atom stereocenters. The SMILES string of the molecule is COc1ccc2c(c1)C13C[C@@H](OC)C=C[C@H]1CCN3CC2. The molecule has 0 radical (unpaired) electrons. The molecule has 1 spiro atoms. The van der Waals surface area contributed by atoms with Gasteiger partial charge in [0.1, 0.15) is 5.75 Å². The van der Waals surface area contributed by atoms with Crippen LogP contribution in [-0.2, 0) is 16.7 Å². The molecule has 1 saturated heterocycles. The topological polar surface area (TPSA) is 21.7 Å². The fourth-order valence-corrected chi connectivity index (χ4v) is 4.65. The minimum atomic E-state index is 0.123. The Hall–Kier alpha value is -1.32. The van der Waals surface area contributed by atoms with Crippen LogP contribution in [0.5, 0.6) is 5.75 Å². The maximum Gasteiger partial charge on any atom is 0.119 e. The summed E-state index contributed by atoms with van der Waals surface area (Å²) in [5.74, 6) is 1.58. The van der Waals surface area contributed by atoms with Crippen molar-refractivity contribution < 1.29 is 9.47 Å². The number of ether oxygens (including phenoxy) is 2. The molecule has 112 valence electrons. The molecule has 21 heavy (non-hydrogen) atoms. The third-order valence-electron chi connectivity index (χ3n) is 5.70. The number of hydrogen-bond donors (Lipinski definition) is 0. The molecule has 3 aliphatic rings. The maximum atomic E-state index is 5.67. The molecule has 0 saturated carbocycles. The highest BCUT2D eigenvalue weighted by Gasteiger charge is 2.53. The van der Waals surface area contributed by atoms with Crippen LogP contribution < -0.4 is 4.74 Å². The summed E-state index contributed by atoms with van der Waals surface area (Å²) in [6, 6.07) is 6.63. The molecule has 3 nitrogen and oxygen atoms in total. The first-order valence-corrected chi connectivity index (χ1v) is 7.91. The van der Waals surface area contributed by atoms with Crippen molar-refractivity contribution in [3.8, 4) is 5.75 Å². The Kier molecular flexibility index (Phi) is 3.09. The summed E-state index contributed by atoms with van der Waals surface area (Å²) in [7, 11) is 3.57. The van der Waals surface area contributed by atoms with Crippen LogP contribution in [0.1, 0.15) is 24.0 Å². The lowest BCUT2D eigenvalue weighted by molar-refractivity contribution is 0.0204.